The van der Waals surface area contributed by atoms with Crippen molar-refractivity contribution in [3.8, 4) is 0 Å². The summed E-state index contributed by atoms with van der Waals surface area (Å²) in [4.78, 5) is 0. The van der Waals surface area contributed by atoms with Crippen LogP contribution in [0.5, 0.6) is 0 Å². The summed E-state index contributed by atoms with van der Waals surface area (Å²) in [6.45, 7) is 5.99. The maximum Gasteiger partial charge on any atom is 0.215 e. The highest BCUT2D eigenvalue weighted by Gasteiger charge is 2.22. The standard InChI is InChI=1S/C19H23N3O3S/c1-14-6-8-17(9-7-14)13-26(23,24)20-12-18(19-5-4-10-25-19)22-16(3)11-15(2)21-22/h4-11,18,20H,12-13H2,1-3H3. The highest BCUT2D eigenvalue weighted by Crippen LogP contribution is 2.21. The molecule has 2 aromatic heterocycles. The highest BCUT2D eigenvalue weighted by molar-refractivity contribution is 7.88. The average Bonchev–Trinajstić information content (AvgIpc) is 3.20. The summed E-state index contributed by atoms with van der Waals surface area (Å²) in [6, 6.07) is 12.7. The Kier molecular flexibility index (Phi) is 5.29. The minimum atomic E-state index is -3.48. The van der Waals surface area contributed by atoms with Crippen LogP contribution in [0.25, 0.3) is 0 Å². The van der Waals surface area contributed by atoms with Gasteiger partial charge in [0.15, 0.2) is 0 Å². The van der Waals surface area contributed by atoms with E-state index in [0.29, 0.717) is 5.76 Å². The predicted molar refractivity (Wildman–Crippen MR) is 100 cm³/mol. The molecule has 0 fully saturated rings. The number of nitrogens with zero attached hydrogens (tertiary/aromatic N) is 2. The summed E-state index contributed by atoms with van der Waals surface area (Å²) < 4.78 is 35.0. The van der Waals surface area contributed by atoms with E-state index in [1.165, 1.54) is 0 Å². The lowest BCUT2D eigenvalue weighted by atomic mass is 10.2. The lowest BCUT2D eigenvalue weighted by molar-refractivity contribution is 0.396. The van der Waals surface area contributed by atoms with E-state index in [4.69, 9.17) is 4.42 Å². The molecule has 3 rings (SSSR count). The van der Waals surface area contributed by atoms with E-state index < -0.39 is 10.0 Å². The first-order chi connectivity index (χ1) is 12.3. The predicted octanol–water partition coefficient (Wildman–Crippen LogP) is 3.11. The molecule has 0 saturated carbocycles. The van der Waals surface area contributed by atoms with Gasteiger partial charge in [-0.05, 0) is 44.5 Å². The molecule has 1 aromatic carbocycles. The Balaban J connectivity index is 1.77. The third-order valence-corrected chi connectivity index (χ3v) is 5.51. The minimum absolute atomic E-state index is 0.0602. The van der Waals surface area contributed by atoms with Gasteiger partial charge in [-0.2, -0.15) is 5.10 Å². The number of nitrogens with one attached hydrogen (secondary N) is 1. The van der Waals surface area contributed by atoms with Crippen molar-refractivity contribution in [2.45, 2.75) is 32.6 Å². The second-order valence-electron chi connectivity index (χ2n) is 6.50. The van der Waals surface area contributed by atoms with Crippen LogP contribution in [0.15, 0.2) is 53.1 Å². The average molecular weight is 373 g/mol. The van der Waals surface area contributed by atoms with Gasteiger partial charge in [0.2, 0.25) is 10.0 Å². The van der Waals surface area contributed by atoms with Crippen LogP contribution in [0.4, 0.5) is 0 Å². The van der Waals surface area contributed by atoms with Crippen molar-refractivity contribution in [1.82, 2.24) is 14.5 Å². The van der Waals surface area contributed by atoms with Crippen LogP contribution in [0.2, 0.25) is 0 Å². The maximum atomic E-state index is 12.5. The summed E-state index contributed by atoms with van der Waals surface area (Å²) in [5.41, 5.74) is 3.67. The largest absolute Gasteiger partial charge is 0.467 e. The molecule has 1 N–H and O–H groups in total. The van der Waals surface area contributed by atoms with E-state index in [0.717, 1.165) is 22.5 Å². The van der Waals surface area contributed by atoms with E-state index >= 15 is 0 Å². The first-order valence-electron chi connectivity index (χ1n) is 8.43. The molecule has 7 heteroatoms. The molecule has 0 aliphatic heterocycles. The van der Waals surface area contributed by atoms with Crippen LogP contribution in [0.3, 0.4) is 0 Å². The van der Waals surface area contributed by atoms with Gasteiger partial charge >= 0.3 is 0 Å². The second kappa shape index (κ2) is 7.47. The molecule has 3 aromatic rings. The molecule has 0 spiro atoms. The van der Waals surface area contributed by atoms with Gasteiger partial charge in [-0.3, -0.25) is 4.68 Å². The molecule has 26 heavy (non-hydrogen) atoms. The fraction of sp³-hybridized carbons (Fsp3) is 0.316. The molecular formula is C19H23N3O3S. The number of hydrogen-bond donors (Lipinski definition) is 1. The molecule has 2 heterocycles. The topological polar surface area (TPSA) is 77.1 Å². The molecule has 1 atom stereocenters. The molecule has 1 unspecified atom stereocenters. The van der Waals surface area contributed by atoms with Crippen molar-refractivity contribution < 1.29 is 12.8 Å². The quantitative estimate of drug-likeness (QED) is 0.690. The number of rotatable bonds is 7. The molecule has 0 aliphatic rings. The Labute approximate surface area is 153 Å². The van der Waals surface area contributed by atoms with E-state index in [9.17, 15) is 8.42 Å². The lowest BCUT2D eigenvalue weighted by Gasteiger charge is -2.18. The molecule has 0 saturated heterocycles. The highest BCUT2D eigenvalue weighted by atomic mass is 32.2. The first-order valence-corrected chi connectivity index (χ1v) is 10.1. The fourth-order valence-corrected chi connectivity index (χ4v) is 4.06. The van der Waals surface area contributed by atoms with Crippen LogP contribution in [-0.4, -0.2) is 24.7 Å². The molecule has 0 bridgehead atoms. The number of hydrogen-bond acceptors (Lipinski definition) is 4. The first kappa shape index (κ1) is 18.4. The zero-order chi connectivity index (χ0) is 18.7. The van der Waals surface area contributed by atoms with Crippen LogP contribution in [-0.2, 0) is 15.8 Å². The van der Waals surface area contributed by atoms with Crippen LogP contribution >= 0.6 is 0 Å². The normalized spacial score (nSPS) is 13.0. The van der Waals surface area contributed by atoms with Crippen molar-refractivity contribution in [2.24, 2.45) is 0 Å². The Hall–Kier alpha value is -2.38. The zero-order valence-electron chi connectivity index (χ0n) is 15.1. The van der Waals surface area contributed by atoms with Crippen molar-refractivity contribution in [3.05, 3.63) is 77.0 Å². The molecule has 6 nitrogen and oxygen atoms in total. The van der Waals surface area contributed by atoms with Gasteiger partial charge in [0.1, 0.15) is 11.8 Å². The molecule has 0 amide bonds. The Morgan fingerprint density at radius 3 is 2.46 bits per heavy atom. The summed E-state index contributed by atoms with van der Waals surface area (Å²) >= 11 is 0. The molecule has 0 radical (unpaired) electrons. The van der Waals surface area contributed by atoms with Gasteiger partial charge in [-0.1, -0.05) is 29.8 Å². The monoisotopic (exact) mass is 373 g/mol. The Bertz CT molecular complexity index is 958. The molecule has 0 aliphatic carbocycles. The van der Waals surface area contributed by atoms with Crippen LogP contribution in [0.1, 0.15) is 34.3 Å². The molecular weight excluding hydrogens is 350 g/mol. The van der Waals surface area contributed by atoms with Gasteiger partial charge < -0.3 is 4.42 Å². The third-order valence-electron chi connectivity index (χ3n) is 4.19. The summed E-state index contributed by atoms with van der Waals surface area (Å²) in [6.07, 6.45) is 1.58. The smallest absolute Gasteiger partial charge is 0.215 e. The van der Waals surface area contributed by atoms with Crippen molar-refractivity contribution in [3.63, 3.8) is 0 Å². The number of benzene rings is 1. The van der Waals surface area contributed by atoms with E-state index in [-0.39, 0.29) is 18.3 Å². The van der Waals surface area contributed by atoms with Crippen molar-refractivity contribution in [2.75, 3.05) is 6.54 Å². The van der Waals surface area contributed by atoms with Gasteiger partial charge in [0.25, 0.3) is 0 Å². The Morgan fingerprint density at radius 1 is 1.15 bits per heavy atom. The Morgan fingerprint density at radius 2 is 1.88 bits per heavy atom. The van der Waals surface area contributed by atoms with Crippen molar-refractivity contribution >= 4 is 10.0 Å². The van der Waals surface area contributed by atoms with Crippen molar-refractivity contribution in [1.29, 1.82) is 0 Å². The number of furan rings is 1. The zero-order valence-corrected chi connectivity index (χ0v) is 16.0. The maximum absolute atomic E-state index is 12.5. The SMILES string of the molecule is Cc1ccc(CS(=O)(=O)NCC(c2ccco2)n2nc(C)cc2C)cc1. The van der Waals surface area contributed by atoms with E-state index in [2.05, 4.69) is 9.82 Å². The van der Waals surface area contributed by atoms with Gasteiger partial charge in [-0.25, -0.2) is 13.1 Å². The van der Waals surface area contributed by atoms with Crippen LogP contribution in [0, 0.1) is 20.8 Å². The molecule has 138 valence electrons. The fourth-order valence-electron chi connectivity index (χ4n) is 2.91. The summed E-state index contributed by atoms with van der Waals surface area (Å²) in [5.74, 6) is 0.601. The summed E-state index contributed by atoms with van der Waals surface area (Å²) in [5, 5.41) is 4.48. The van der Waals surface area contributed by atoms with Gasteiger partial charge in [-0.15, -0.1) is 0 Å². The van der Waals surface area contributed by atoms with E-state index in [1.54, 1.807) is 17.0 Å². The van der Waals surface area contributed by atoms with E-state index in [1.807, 2.05) is 57.2 Å². The van der Waals surface area contributed by atoms with Gasteiger partial charge in [0.05, 0.1) is 17.7 Å². The second-order valence-corrected chi connectivity index (χ2v) is 8.30. The van der Waals surface area contributed by atoms with Crippen LogP contribution < -0.4 is 4.72 Å². The lowest BCUT2D eigenvalue weighted by Crippen LogP contribution is -2.32. The summed E-state index contributed by atoms with van der Waals surface area (Å²) in [7, 11) is -3.48. The van der Waals surface area contributed by atoms with Gasteiger partial charge in [0, 0.05) is 12.2 Å². The number of aryl methyl sites for hydroxylation is 3. The number of sulfonamides is 1. The third kappa shape index (κ3) is 4.42. The number of aromatic nitrogens is 2. The minimum Gasteiger partial charge on any atom is -0.467 e.